The van der Waals surface area contributed by atoms with Gasteiger partial charge in [-0.3, -0.25) is 5.43 Å². The number of para-hydroxylation sites is 1. The van der Waals surface area contributed by atoms with E-state index in [1.165, 1.54) is 0 Å². The number of nitrogens with zero attached hydrogens (tertiary/aromatic N) is 1. The second-order valence-electron chi connectivity index (χ2n) is 4.65. The lowest BCUT2D eigenvalue weighted by atomic mass is 10.2. The summed E-state index contributed by atoms with van der Waals surface area (Å²) in [6, 6.07) is 11.8. The number of nitrogens with one attached hydrogen (secondary N) is 1. The van der Waals surface area contributed by atoms with Crippen LogP contribution in [0.15, 0.2) is 46.0 Å². The average molecular weight is 363 g/mol. The fourth-order valence-electron chi connectivity index (χ4n) is 2.00. The lowest BCUT2D eigenvalue weighted by Gasteiger charge is -2.11. The van der Waals surface area contributed by atoms with Crippen molar-refractivity contribution in [2.24, 2.45) is 5.10 Å². The number of hydrogen-bond donors (Lipinski definition) is 1. The molecule has 2 rings (SSSR count). The van der Waals surface area contributed by atoms with Crippen LogP contribution in [0.3, 0.4) is 0 Å². The van der Waals surface area contributed by atoms with Crippen LogP contribution in [-0.4, -0.2) is 19.9 Å². The highest BCUT2D eigenvalue weighted by atomic mass is 79.9. The van der Waals surface area contributed by atoms with Gasteiger partial charge in [0.2, 0.25) is 0 Å². The average Bonchev–Trinajstić information content (AvgIpc) is 2.49. The van der Waals surface area contributed by atoms with E-state index in [2.05, 4.69) is 26.5 Å². The summed E-state index contributed by atoms with van der Waals surface area (Å²) in [5.74, 6) is 1.38. The number of ether oxygens (including phenoxy) is 2. The van der Waals surface area contributed by atoms with Crippen molar-refractivity contribution < 1.29 is 9.47 Å². The van der Waals surface area contributed by atoms with E-state index in [0.717, 1.165) is 21.3 Å². The maximum Gasteiger partial charge on any atom is 0.174 e. The van der Waals surface area contributed by atoms with Crippen LogP contribution in [0.25, 0.3) is 0 Å². The maximum absolute atomic E-state index is 5.60. The summed E-state index contributed by atoms with van der Waals surface area (Å²) in [6.45, 7) is 4.55. The Hall–Kier alpha value is -2.01. The van der Waals surface area contributed by atoms with Crippen molar-refractivity contribution >= 4 is 27.8 Å². The summed E-state index contributed by atoms with van der Waals surface area (Å²) in [7, 11) is 1.62. The monoisotopic (exact) mass is 362 g/mol. The van der Waals surface area contributed by atoms with Gasteiger partial charge in [-0.05, 0) is 59.1 Å². The Bertz CT molecular complexity index is 672. The molecule has 116 valence electrons. The first-order valence-electron chi connectivity index (χ1n) is 7.00. The third kappa shape index (κ3) is 4.01. The molecule has 2 aromatic rings. The molecule has 0 heterocycles. The van der Waals surface area contributed by atoms with Crippen molar-refractivity contribution in [1.82, 2.24) is 0 Å². The highest BCUT2D eigenvalue weighted by Crippen LogP contribution is 2.36. The third-order valence-electron chi connectivity index (χ3n) is 3.08. The smallest absolute Gasteiger partial charge is 0.174 e. The predicted molar refractivity (Wildman–Crippen MR) is 94.3 cm³/mol. The third-order valence-corrected chi connectivity index (χ3v) is 3.67. The van der Waals surface area contributed by atoms with Gasteiger partial charge in [0.15, 0.2) is 11.5 Å². The molecule has 0 aliphatic carbocycles. The zero-order valence-electron chi connectivity index (χ0n) is 12.9. The molecule has 0 radical (unpaired) electrons. The Morgan fingerprint density at radius 2 is 2.05 bits per heavy atom. The highest BCUT2D eigenvalue weighted by molar-refractivity contribution is 9.10. The van der Waals surface area contributed by atoms with Crippen LogP contribution < -0.4 is 14.9 Å². The molecule has 0 saturated carbocycles. The first kappa shape index (κ1) is 16.4. The minimum atomic E-state index is 0.574. The van der Waals surface area contributed by atoms with Gasteiger partial charge in [-0.1, -0.05) is 18.2 Å². The Morgan fingerprint density at radius 3 is 2.73 bits per heavy atom. The number of hydrazone groups is 1. The van der Waals surface area contributed by atoms with Crippen molar-refractivity contribution in [3.8, 4) is 11.5 Å². The first-order valence-corrected chi connectivity index (χ1v) is 7.80. The molecule has 4 nitrogen and oxygen atoms in total. The molecule has 1 N–H and O–H groups in total. The Kier molecular flexibility index (Phi) is 5.83. The van der Waals surface area contributed by atoms with E-state index in [0.29, 0.717) is 18.1 Å². The van der Waals surface area contributed by atoms with Gasteiger partial charge in [-0.2, -0.15) is 5.10 Å². The minimum Gasteiger partial charge on any atom is -0.492 e. The first-order chi connectivity index (χ1) is 10.7. The van der Waals surface area contributed by atoms with Crippen LogP contribution in [0.2, 0.25) is 0 Å². The van der Waals surface area contributed by atoms with Gasteiger partial charge < -0.3 is 9.47 Å². The van der Waals surface area contributed by atoms with Gasteiger partial charge in [-0.15, -0.1) is 0 Å². The summed E-state index contributed by atoms with van der Waals surface area (Å²) in [6.07, 6.45) is 1.75. The Labute approximate surface area is 139 Å². The molecule has 0 unspecified atom stereocenters. The fourth-order valence-corrected chi connectivity index (χ4v) is 2.62. The van der Waals surface area contributed by atoms with Crippen molar-refractivity contribution in [3.05, 3.63) is 52.0 Å². The van der Waals surface area contributed by atoms with E-state index < -0.39 is 0 Å². The van der Waals surface area contributed by atoms with Crippen molar-refractivity contribution in [1.29, 1.82) is 0 Å². The summed E-state index contributed by atoms with van der Waals surface area (Å²) < 4.78 is 11.8. The number of rotatable bonds is 6. The van der Waals surface area contributed by atoms with Crippen LogP contribution in [0.1, 0.15) is 18.1 Å². The zero-order valence-corrected chi connectivity index (χ0v) is 14.5. The number of halogens is 1. The Balaban J connectivity index is 2.19. The molecule has 0 atom stereocenters. The molecule has 0 amide bonds. The van der Waals surface area contributed by atoms with Crippen LogP contribution in [0.5, 0.6) is 11.5 Å². The van der Waals surface area contributed by atoms with Gasteiger partial charge in [0.1, 0.15) is 0 Å². The molecule has 0 fully saturated rings. The second kappa shape index (κ2) is 7.84. The van der Waals surface area contributed by atoms with E-state index in [-0.39, 0.29) is 0 Å². The predicted octanol–water partition coefficient (Wildman–Crippen LogP) is 4.61. The van der Waals surface area contributed by atoms with Crippen molar-refractivity contribution in [2.45, 2.75) is 13.8 Å². The van der Waals surface area contributed by atoms with Gasteiger partial charge in [-0.25, -0.2) is 0 Å². The van der Waals surface area contributed by atoms with Gasteiger partial charge in [0, 0.05) is 0 Å². The fraction of sp³-hybridized carbons (Fsp3) is 0.235. The zero-order chi connectivity index (χ0) is 15.9. The minimum absolute atomic E-state index is 0.574. The number of aryl methyl sites for hydroxylation is 1. The van der Waals surface area contributed by atoms with Gasteiger partial charge in [0.05, 0.1) is 30.1 Å². The van der Waals surface area contributed by atoms with Crippen LogP contribution in [0.4, 0.5) is 5.69 Å². The van der Waals surface area contributed by atoms with Crippen LogP contribution in [-0.2, 0) is 0 Å². The molecule has 0 aliphatic heterocycles. The number of methoxy groups -OCH3 is 1. The molecule has 0 saturated heterocycles. The normalized spacial score (nSPS) is 10.7. The van der Waals surface area contributed by atoms with Crippen molar-refractivity contribution in [3.63, 3.8) is 0 Å². The van der Waals surface area contributed by atoms with Gasteiger partial charge in [0.25, 0.3) is 0 Å². The standard InChI is InChI=1S/C17H19BrN2O2/c1-4-22-16-10-13(9-14(18)17(16)21-3)11-19-20-15-8-6-5-7-12(15)2/h5-11,20H,4H2,1-3H3/b19-11-. The molecular formula is C17H19BrN2O2. The molecule has 0 spiro atoms. The van der Waals surface area contributed by atoms with Gasteiger partial charge >= 0.3 is 0 Å². The highest BCUT2D eigenvalue weighted by Gasteiger charge is 2.10. The van der Waals surface area contributed by atoms with Crippen LogP contribution >= 0.6 is 15.9 Å². The number of hydrogen-bond acceptors (Lipinski definition) is 4. The van der Waals surface area contributed by atoms with E-state index in [1.54, 1.807) is 13.3 Å². The molecule has 5 heteroatoms. The quantitative estimate of drug-likeness (QED) is 0.602. The van der Waals surface area contributed by atoms with E-state index in [1.807, 2.05) is 50.2 Å². The summed E-state index contributed by atoms with van der Waals surface area (Å²) >= 11 is 3.49. The molecule has 2 aromatic carbocycles. The summed E-state index contributed by atoms with van der Waals surface area (Å²) in [5, 5.41) is 4.28. The van der Waals surface area contributed by atoms with E-state index in [4.69, 9.17) is 9.47 Å². The lowest BCUT2D eigenvalue weighted by Crippen LogP contribution is -1.98. The van der Waals surface area contributed by atoms with Crippen molar-refractivity contribution in [2.75, 3.05) is 19.1 Å². The molecule has 0 bridgehead atoms. The SMILES string of the molecule is CCOc1cc(/C=N\Nc2ccccc2C)cc(Br)c1OC. The number of anilines is 1. The molecule has 0 aromatic heterocycles. The Morgan fingerprint density at radius 1 is 1.27 bits per heavy atom. The van der Waals surface area contributed by atoms with E-state index >= 15 is 0 Å². The molecule has 22 heavy (non-hydrogen) atoms. The van der Waals surface area contributed by atoms with Crippen LogP contribution in [0, 0.1) is 6.92 Å². The number of benzene rings is 2. The summed E-state index contributed by atoms with van der Waals surface area (Å²) in [4.78, 5) is 0. The summed E-state index contributed by atoms with van der Waals surface area (Å²) in [5.41, 5.74) is 6.08. The van der Waals surface area contributed by atoms with E-state index in [9.17, 15) is 0 Å². The largest absolute Gasteiger partial charge is 0.492 e. The lowest BCUT2D eigenvalue weighted by molar-refractivity contribution is 0.310. The molecular weight excluding hydrogens is 344 g/mol. The molecule has 0 aliphatic rings. The maximum atomic E-state index is 5.60. The topological polar surface area (TPSA) is 42.8 Å². The second-order valence-corrected chi connectivity index (χ2v) is 5.51.